The van der Waals surface area contributed by atoms with E-state index in [4.69, 9.17) is 10.3 Å². The van der Waals surface area contributed by atoms with Gasteiger partial charge in [0.05, 0.1) is 5.54 Å². The molecule has 2 fully saturated rings. The molecule has 0 bridgehead atoms. The highest BCUT2D eigenvalue weighted by molar-refractivity contribution is 5.29. The predicted octanol–water partition coefficient (Wildman–Crippen LogP) is 2.18. The maximum atomic E-state index is 6.34. The van der Waals surface area contributed by atoms with E-state index in [0.29, 0.717) is 5.89 Å². The Morgan fingerprint density at radius 2 is 1.67 bits per heavy atom. The Bertz CT molecular complexity index is 389. The molecule has 2 heterocycles. The first-order valence-electron chi connectivity index (χ1n) is 7.16. The van der Waals surface area contributed by atoms with E-state index in [2.05, 4.69) is 15.0 Å². The average molecular weight is 250 g/mol. The van der Waals surface area contributed by atoms with E-state index in [1.165, 1.54) is 25.7 Å². The quantitative estimate of drug-likeness (QED) is 0.871. The second-order valence-corrected chi connectivity index (χ2v) is 5.66. The number of anilines is 1. The molecule has 1 saturated carbocycles. The van der Waals surface area contributed by atoms with E-state index in [9.17, 15) is 0 Å². The number of rotatable bonds is 2. The largest absolute Gasteiger partial charge is 0.338 e. The van der Waals surface area contributed by atoms with Crippen LogP contribution in [0.2, 0.25) is 0 Å². The van der Waals surface area contributed by atoms with Crippen molar-refractivity contribution in [3.8, 4) is 0 Å². The van der Waals surface area contributed by atoms with E-state index in [1.54, 1.807) is 0 Å². The van der Waals surface area contributed by atoms with Crippen LogP contribution >= 0.6 is 0 Å². The molecule has 5 heteroatoms. The van der Waals surface area contributed by atoms with Crippen LogP contribution in [0.1, 0.15) is 57.3 Å². The molecule has 1 aromatic rings. The molecule has 0 aromatic carbocycles. The van der Waals surface area contributed by atoms with Gasteiger partial charge in [-0.2, -0.15) is 4.98 Å². The van der Waals surface area contributed by atoms with Crippen LogP contribution in [0.5, 0.6) is 0 Å². The molecule has 0 amide bonds. The van der Waals surface area contributed by atoms with Crippen molar-refractivity contribution in [1.82, 2.24) is 10.1 Å². The standard InChI is InChI=1S/C13H22N4O/c14-13(7-3-4-8-13)11-15-12(16-18-11)17-9-5-1-2-6-10-17/h1-10,14H2. The molecule has 2 aliphatic rings. The lowest BCUT2D eigenvalue weighted by molar-refractivity contribution is 0.285. The Balaban J connectivity index is 1.76. The molecule has 1 aromatic heterocycles. The van der Waals surface area contributed by atoms with Gasteiger partial charge < -0.3 is 15.2 Å². The second-order valence-electron chi connectivity index (χ2n) is 5.66. The molecule has 0 radical (unpaired) electrons. The topological polar surface area (TPSA) is 68.2 Å². The Labute approximate surface area is 108 Å². The lowest BCUT2D eigenvalue weighted by atomic mass is 10.00. The second kappa shape index (κ2) is 4.88. The minimum Gasteiger partial charge on any atom is -0.338 e. The van der Waals surface area contributed by atoms with Crippen molar-refractivity contribution in [2.24, 2.45) is 5.73 Å². The maximum Gasteiger partial charge on any atom is 0.266 e. The molecular weight excluding hydrogens is 228 g/mol. The summed E-state index contributed by atoms with van der Waals surface area (Å²) < 4.78 is 5.42. The Morgan fingerprint density at radius 3 is 2.33 bits per heavy atom. The first-order chi connectivity index (χ1) is 8.78. The number of hydrogen-bond acceptors (Lipinski definition) is 5. The van der Waals surface area contributed by atoms with E-state index in [-0.39, 0.29) is 5.54 Å². The lowest BCUT2D eigenvalue weighted by Crippen LogP contribution is -2.33. The van der Waals surface area contributed by atoms with E-state index in [0.717, 1.165) is 44.7 Å². The summed E-state index contributed by atoms with van der Waals surface area (Å²) in [6, 6.07) is 0. The fraction of sp³-hybridized carbons (Fsp3) is 0.846. The van der Waals surface area contributed by atoms with Crippen molar-refractivity contribution < 1.29 is 4.52 Å². The summed E-state index contributed by atoms with van der Waals surface area (Å²) >= 11 is 0. The summed E-state index contributed by atoms with van der Waals surface area (Å²) in [6.45, 7) is 2.08. The maximum absolute atomic E-state index is 6.34. The minimum atomic E-state index is -0.364. The van der Waals surface area contributed by atoms with Gasteiger partial charge in [0.2, 0.25) is 5.89 Å². The Morgan fingerprint density at radius 1 is 1.00 bits per heavy atom. The van der Waals surface area contributed by atoms with Crippen LogP contribution in [0.3, 0.4) is 0 Å². The van der Waals surface area contributed by atoms with Gasteiger partial charge in [-0.3, -0.25) is 0 Å². The summed E-state index contributed by atoms with van der Waals surface area (Å²) in [5, 5.41) is 4.13. The fourth-order valence-electron chi connectivity index (χ4n) is 3.04. The van der Waals surface area contributed by atoms with Crippen LogP contribution in [0.4, 0.5) is 5.95 Å². The van der Waals surface area contributed by atoms with Crippen molar-refractivity contribution in [2.45, 2.75) is 56.9 Å². The van der Waals surface area contributed by atoms with Crippen LogP contribution in [0, 0.1) is 0 Å². The molecule has 5 nitrogen and oxygen atoms in total. The van der Waals surface area contributed by atoms with Crippen LogP contribution in [-0.4, -0.2) is 23.2 Å². The molecule has 0 unspecified atom stereocenters. The number of nitrogens with zero attached hydrogens (tertiary/aromatic N) is 3. The van der Waals surface area contributed by atoms with Gasteiger partial charge in [-0.05, 0) is 30.8 Å². The van der Waals surface area contributed by atoms with Crippen molar-refractivity contribution in [3.63, 3.8) is 0 Å². The Kier molecular flexibility index (Phi) is 3.24. The zero-order valence-electron chi connectivity index (χ0n) is 10.9. The zero-order valence-corrected chi connectivity index (χ0v) is 10.9. The molecule has 18 heavy (non-hydrogen) atoms. The van der Waals surface area contributed by atoms with Crippen LogP contribution in [0.25, 0.3) is 0 Å². The van der Waals surface area contributed by atoms with Crippen molar-refractivity contribution in [1.29, 1.82) is 0 Å². The molecule has 0 spiro atoms. The van der Waals surface area contributed by atoms with Gasteiger partial charge in [-0.1, -0.05) is 25.7 Å². The summed E-state index contributed by atoms with van der Waals surface area (Å²) in [5.74, 6) is 1.38. The zero-order chi connectivity index (χ0) is 12.4. The number of aromatic nitrogens is 2. The monoisotopic (exact) mass is 250 g/mol. The number of nitrogens with two attached hydrogens (primary N) is 1. The van der Waals surface area contributed by atoms with Gasteiger partial charge in [-0.15, -0.1) is 0 Å². The average Bonchev–Trinajstić information content (AvgIpc) is 2.94. The molecule has 0 atom stereocenters. The van der Waals surface area contributed by atoms with Gasteiger partial charge >= 0.3 is 0 Å². The van der Waals surface area contributed by atoms with E-state index in [1.807, 2.05) is 0 Å². The summed E-state index contributed by atoms with van der Waals surface area (Å²) in [7, 11) is 0. The number of hydrogen-bond donors (Lipinski definition) is 1. The first kappa shape index (κ1) is 12.0. The van der Waals surface area contributed by atoms with Gasteiger partial charge in [0.25, 0.3) is 5.95 Å². The van der Waals surface area contributed by atoms with Crippen molar-refractivity contribution in [3.05, 3.63) is 5.89 Å². The van der Waals surface area contributed by atoms with Crippen molar-refractivity contribution >= 4 is 5.95 Å². The van der Waals surface area contributed by atoms with E-state index < -0.39 is 0 Å². The van der Waals surface area contributed by atoms with Crippen LogP contribution < -0.4 is 10.6 Å². The van der Waals surface area contributed by atoms with Gasteiger partial charge in [0.1, 0.15) is 0 Å². The third kappa shape index (κ3) is 2.23. The summed E-state index contributed by atoms with van der Waals surface area (Å²) in [6.07, 6.45) is 9.32. The van der Waals surface area contributed by atoms with Gasteiger partial charge in [0.15, 0.2) is 0 Å². The molecular formula is C13H22N4O. The normalized spacial score (nSPS) is 24.2. The molecule has 100 valence electrons. The van der Waals surface area contributed by atoms with Gasteiger partial charge in [-0.25, -0.2) is 0 Å². The summed E-state index contributed by atoms with van der Waals surface area (Å²) in [4.78, 5) is 6.79. The molecule has 1 saturated heterocycles. The highest BCUT2D eigenvalue weighted by Gasteiger charge is 2.37. The molecule has 3 rings (SSSR count). The van der Waals surface area contributed by atoms with E-state index >= 15 is 0 Å². The smallest absolute Gasteiger partial charge is 0.266 e. The summed E-state index contributed by atoms with van der Waals surface area (Å²) in [5.41, 5.74) is 5.98. The highest BCUT2D eigenvalue weighted by Crippen LogP contribution is 2.35. The molecule has 2 N–H and O–H groups in total. The highest BCUT2D eigenvalue weighted by atomic mass is 16.5. The minimum absolute atomic E-state index is 0.364. The van der Waals surface area contributed by atoms with Crippen molar-refractivity contribution in [2.75, 3.05) is 18.0 Å². The SMILES string of the molecule is NC1(c2nc(N3CCCCCC3)no2)CCCC1. The first-order valence-corrected chi connectivity index (χ1v) is 7.16. The van der Waals surface area contributed by atoms with Crippen LogP contribution in [0.15, 0.2) is 4.52 Å². The predicted molar refractivity (Wildman–Crippen MR) is 69.3 cm³/mol. The molecule has 1 aliphatic carbocycles. The lowest BCUT2D eigenvalue weighted by Gasteiger charge is -2.18. The third-order valence-corrected chi connectivity index (χ3v) is 4.23. The molecule has 1 aliphatic heterocycles. The van der Waals surface area contributed by atoms with Crippen LogP contribution in [-0.2, 0) is 5.54 Å². The Hall–Kier alpha value is -1.10. The van der Waals surface area contributed by atoms with Gasteiger partial charge in [0, 0.05) is 13.1 Å². The third-order valence-electron chi connectivity index (χ3n) is 4.23. The fourth-order valence-corrected chi connectivity index (χ4v) is 3.04.